The van der Waals surface area contributed by atoms with Gasteiger partial charge in [0.15, 0.2) is 11.4 Å². The van der Waals surface area contributed by atoms with Gasteiger partial charge in [-0.2, -0.15) is 10.2 Å². The molecule has 0 saturated heterocycles. The van der Waals surface area contributed by atoms with Gasteiger partial charge in [0.25, 0.3) is 0 Å². The van der Waals surface area contributed by atoms with Gasteiger partial charge in [0, 0.05) is 6.20 Å². The lowest BCUT2D eigenvalue weighted by Crippen LogP contribution is -2.07. The number of rotatable bonds is 5. The minimum Gasteiger partial charge on any atom is -0.493 e. The van der Waals surface area contributed by atoms with E-state index in [1.807, 2.05) is 13.8 Å². The molecule has 0 radical (unpaired) electrons. The molecule has 0 unspecified atom stereocenters. The lowest BCUT2D eigenvalue weighted by atomic mass is 10.2. The third kappa shape index (κ3) is 2.86. The van der Waals surface area contributed by atoms with Crippen LogP contribution in [0, 0.1) is 11.3 Å². The van der Waals surface area contributed by atoms with Crippen molar-refractivity contribution in [2.24, 2.45) is 0 Å². The van der Waals surface area contributed by atoms with Gasteiger partial charge in [0.1, 0.15) is 17.3 Å². The van der Waals surface area contributed by atoms with Crippen molar-refractivity contribution in [2.75, 3.05) is 7.11 Å². The minimum atomic E-state index is -1.31. The Morgan fingerprint density at radius 1 is 1.55 bits per heavy atom. The molecular weight excluding hydrogens is 286 g/mol. The molecule has 0 aliphatic heterocycles. The van der Waals surface area contributed by atoms with Gasteiger partial charge in [-0.25, -0.2) is 4.79 Å². The number of aliphatic carboxylic acids is 1. The van der Waals surface area contributed by atoms with Crippen LogP contribution in [0.5, 0.6) is 11.6 Å². The molecule has 2 aromatic rings. The zero-order valence-corrected chi connectivity index (χ0v) is 12.4. The molecule has 0 saturated carbocycles. The fraction of sp³-hybridized carbons (Fsp3) is 0.267. The largest absolute Gasteiger partial charge is 0.493 e. The monoisotopic (exact) mass is 301 g/mol. The van der Waals surface area contributed by atoms with Crippen molar-refractivity contribution in [1.29, 1.82) is 5.26 Å². The SMILES string of the molecule is COc1cccn2c(/C=C(\C#N)C(=O)O)c(OC(C)C)nc12. The third-order valence-electron chi connectivity index (χ3n) is 2.82. The summed E-state index contributed by atoms with van der Waals surface area (Å²) in [5.74, 6) is -0.547. The molecule has 2 heterocycles. The van der Waals surface area contributed by atoms with Crippen LogP contribution >= 0.6 is 0 Å². The highest BCUT2D eigenvalue weighted by molar-refractivity contribution is 5.96. The Morgan fingerprint density at radius 3 is 2.82 bits per heavy atom. The number of fused-ring (bicyclic) bond motifs is 1. The molecule has 0 aliphatic rings. The first-order valence-electron chi connectivity index (χ1n) is 6.54. The normalized spacial score (nSPS) is 11.5. The number of hydrogen-bond donors (Lipinski definition) is 1. The van der Waals surface area contributed by atoms with Crippen LogP contribution in [0.1, 0.15) is 19.5 Å². The number of hydrogen-bond acceptors (Lipinski definition) is 5. The molecule has 7 heteroatoms. The summed E-state index contributed by atoms with van der Waals surface area (Å²) in [7, 11) is 1.51. The molecule has 22 heavy (non-hydrogen) atoms. The second kappa shape index (κ2) is 6.18. The highest BCUT2D eigenvalue weighted by Crippen LogP contribution is 2.28. The third-order valence-corrected chi connectivity index (χ3v) is 2.82. The smallest absolute Gasteiger partial charge is 0.346 e. The van der Waals surface area contributed by atoms with Gasteiger partial charge in [-0.05, 0) is 32.1 Å². The Morgan fingerprint density at radius 2 is 2.27 bits per heavy atom. The van der Waals surface area contributed by atoms with Crippen molar-refractivity contribution in [3.63, 3.8) is 0 Å². The summed E-state index contributed by atoms with van der Waals surface area (Å²) in [6.07, 6.45) is 2.78. The summed E-state index contributed by atoms with van der Waals surface area (Å²) < 4.78 is 12.5. The van der Waals surface area contributed by atoms with Crippen molar-refractivity contribution >= 4 is 17.7 Å². The Balaban J connectivity index is 2.74. The van der Waals surface area contributed by atoms with Gasteiger partial charge in [-0.15, -0.1) is 0 Å². The summed E-state index contributed by atoms with van der Waals surface area (Å²) >= 11 is 0. The first kappa shape index (κ1) is 15.4. The Kier molecular flexibility index (Phi) is 4.32. The second-order valence-corrected chi connectivity index (χ2v) is 4.71. The van der Waals surface area contributed by atoms with Crippen LogP contribution in [-0.2, 0) is 4.79 Å². The number of carboxylic acid groups (broad SMARTS) is 1. The topological polar surface area (TPSA) is 96.9 Å². The van der Waals surface area contributed by atoms with E-state index in [-0.39, 0.29) is 12.0 Å². The molecule has 0 spiro atoms. The van der Waals surface area contributed by atoms with Gasteiger partial charge < -0.3 is 14.6 Å². The van der Waals surface area contributed by atoms with Crippen LogP contribution in [0.15, 0.2) is 23.9 Å². The number of aromatic nitrogens is 2. The first-order valence-corrected chi connectivity index (χ1v) is 6.54. The molecule has 1 N–H and O–H groups in total. The van der Waals surface area contributed by atoms with Crippen molar-refractivity contribution < 1.29 is 19.4 Å². The Hall–Kier alpha value is -3.01. The van der Waals surface area contributed by atoms with Crippen molar-refractivity contribution in [3.05, 3.63) is 29.6 Å². The molecule has 0 aliphatic carbocycles. The fourth-order valence-electron chi connectivity index (χ4n) is 1.92. The number of pyridine rings is 1. The van der Waals surface area contributed by atoms with Crippen LogP contribution in [0.4, 0.5) is 0 Å². The molecule has 2 aromatic heterocycles. The second-order valence-electron chi connectivity index (χ2n) is 4.71. The van der Waals surface area contributed by atoms with Crippen LogP contribution in [0.3, 0.4) is 0 Å². The number of ether oxygens (including phenoxy) is 2. The van der Waals surface area contributed by atoms with Gasteiger partial charge in [0.2, 0.25) is 5.88 Å². The number of carbonyl (C=O) groups is 1. The lowest BCUT2D eigenvalue weighted by molar-refractivity contribution is -0.132. The average Bonchev–Trinajstić information content (AvgIpc) is 2.80. The van der Waals surface area contributed by atoms with E-state index in [2.05, 4.69) is 4.98 Å². The average molecular weight is 301 g/mol. The standard InChI is InChI=1S/C15H15N3O4/c1-9(2)22-14-11(7-10(8-16)15(19)20)18-6-4-5-12(21-3)13(18)17-14/h4-7,9H,1-3H3,(H,19,20)/b10-7+. The Bertz CT molecular complexity index is 784. The number of nitrogens with zero attached hydrogens (tertiary/aromatic N) is 3. The maximum Gasteiger partial charge on any atom is 0.346 e. The first-order chi connectivity index (χ1) is 10.5. The molecule has 114 valence electrons. The van der Waals surface area contributed by atoms with Gasteiger partial charge in [0.05, 0.1) is 13.2 Å². The molecule has 0 bridgehead atoms. The zero-order valence-electron chi connectivity index (χ0n) is 12.4. The molecule has 0 fully saturated rings. The molecule has 0 aromatic carbocycles. The van der Waals surface area contributed by atoms with E-state index in [0.717, 1.165) is 0 Å². The van der Waals surface area contributed by atoms with Gasteiger partial charge in [-0.3, -0.25) is 4.40 Å². The van der Waals surface area contributed by atoms with E-state index in [4.69, 9.17) is 19.8 Å². The molecule has 0 amide bonds. The van der Waals surface area contributed by atoms with Crippen LogP contribution < -0.4 is 9.47 Å². The van der Waals surface area contributed by atoms with E-state index < -0.39 is 11.5 Å². The van der Waals surface area contributed by atoms with Gasteiger partial charge in [-0.1, -0.05) is 0 Å². The summed E-state index contributed by atoms with van der Waals surface area (Å²) in [5.41, 5.74) is 0.453. The van der Waals surface area contributed by atoms with Crippen LogP contribution in [0.2, 0.25) is 0 Å². The summed E-state index contributed by atoms with van der Waals surface area (Å²) in [6, 6.07) is 5.11. The minimum absolute atomic E-state index is 0.154. The lowest BCUT2D eigenvalue weighted by Gasteiger charge is -2.07. The summed E-state index contributed by atoms with van der Waals surface area (Å²) in [6.45, 7) is 3.66. The van der Waals surface area contributed by atoms with Crippen molar-refractivity contribution in [1.82, 2.24) is 9.38 Å². The van der Waals surface area contributed by atoms with E-state index in [1.54, 1.807) is 28.8 Å². The summed E-state index contributed by atoms with van der Waals surface area (Å²) in [5, 5.41) is 18.0. The van der Waals surface area contributed by atoms with E-state index in [1.165, 1.54) is 13.2 Å². The van der Waals surface area contributed by atoms with E-state index in [9.17, 15) is 4.79 Å². The van der Waals surface area contributed by atoms with Crippen LogP contribution in [-0.4, -0.2) is 33.7 Å². The van der Waals surface area contributed by atoms with Crippen molar-refractivity contribution in [3.8, 4) is 17.7 Å². The maximum atomic E-state index is 11.1. The van der Waals surface area contributed by atoms with E-state index in [0.29, 0.717) is 17.1 Å². The molecule has 2 rings (SSSR count). The molecule has 0 atom stereocenters. The van der Waals surface area contributed by atoms with Gasteiger partial charge >= 0.3 is 5.97 Å². The number of nitriles is 1. The quantitative estimate of drug-likeness (QED) is 0.671. The highest BCUT2D eigenvalue weighted by Gasteiger charge is 2.18. The maximum absolute atomic E-state index is 11.1. The predicted octanol–water partition coefficient (Wildman–Crippen LogP) is 2.12. The predicted molar refractivity (Wildman–Crippen MR) is 78.7 cm³/mol. The molecule has 7 nitrogen and oxygen atoms in total. The Labute approximate surface area is 127 Å². The van der Waals surface area contributed by atoms with Crippen LogP contribution in [0.25, 0.3) is 11.7 Å². The number of methoxy groups -OCH3 is 1. The number of carboxylic acids is 1. The highest BCUT2D eigenvalue weighted by atomic mass is 16.5. The molecular formula is C15H15N3O4. The summed E-state index contributed by atoms with van der Waals surface area (Å²) in [4.78, 5) is 15.4. The number of imidazole rings is 1. The van der Waals surface area contributed by atoms with E-state index >= 15 is 0 Å². The van der Waals surface area contributed by atoms with Crippen molar-refractivity contribution in [2.45, 2.75) is 20.0 Å². The zero-order chi connectivity index (χ0) is 16.3. The fourth-order valence-corrected chi connectivity index (χ4v) is 1.92.